The molecule has 33 heavy (non-hydrogen) atoms. The van der Waals surface area contributed by atoms with Crippen LogP contribution < -0.4 is 13.7 Å². The van der Waals surface area contributed by atoms with Gasteiger partial charge in [-0.15, -0.1) is 0 Å². The largest absolute Gasteiger partial charge is 0.395 e. The summed E-state index contributed by atoms with van der Waals surface area (Å²) in [6, 6.07) is 5.91. The summed E-state index contributed by atoms with van der Waals surface area (Å²) in [7, 11) is 1.98. The van der Waals surface area contributed by atoms with Gasteiger partial charge in [-0.1, -0.05) is 20.8 Å². The smallest absolute Gasteiger partial charge is 0.232 e. The SMILES string of the molecule is CCC[n+]1ccc2c(c1)C(CC)(CC)c1nc(-c3cc[n+](CCC(F)(F)F)cc3)[n+](C)cc1-2. The molecule has 0 saturated heterocycles. The van der Waals surface area contributed by atoms with Crippen molar-refractivity contribution in [2.24, 2.45) is 7.05 Å². The number of hydrogen-bond donors (Lipinski definition) is 0. The molecule has 0 aliphatic heterocycles. The van der Waals surface area contributed by atoms with E-state index >= 15 is 0 Å². The highest BCUT2D eigenvalue weighted by Crippen LogP contribution is 2.51. The number of halogens is 3. The maximum absolute atomic E-state index is 12.6. The van der Waals surface area contributed by atoms with Gasteiger partial charge in [-0.2, -0.15) is 13.2 Å². The number of fused-ring (bicyclic) bond motifs is 3. The van der Waals surface area contributed by atoms with Crippen LogP contribution >= 0.6 is 0 Å². The molecule has 0 saturated carbocycles. The highest BCUT2D eigenvalue weighted by Gasteiger charge is 2.48. The lowest BCUT2D eigenvalue weighted by Crippen LogP contribution is -2.37. The highest BCUT2D eigenvalue weighted by molar-refractivity contribution is 5.78. The van der Waals surface area contributed by atoms with Crippen molar-refractivity contribution in [3.8, 4) is 22.5 Å². The lowest BCUT2D eigenvalue weighted by atomic mass is 9.76. The molecule has 1 aliphatic rings. The second-order valence-electron chi connectivity index (χ2n) is 8.93. The van der Waals surface area contributed by atoms with Crippen LogP contribution in [0.3, 0.4) is 0 Å². The van der Waals surface area contributed by atoms with Crippen molar-refractivity contribution in [1.82, 2.24) is 4.98 Å². The average molecular weight is 458 g/mol. The van der Waals surface area contributed by atoms with Crippen molar-refractivity contribution in [2.75, 3.05) is 0 Å². The summed E-state index contributed by atoms with van der Waals surface area (Å²) in [4.78, 5) is 5.19. The molecule has 3 aromatic heterocycles. The Balaban J connectivity index is 1.76. The third kappa shape index (κ3) is 4.25. The van der Waals surface area contributed by atoms with Gasteiger partial charge in [0, 0.05) is 35.7 Å². The van der Waals surface area contributed by atoms with Crippen molar-refractivity contribution in [1.29, 1.82) is 0 Å². The zero-order valence-electron chi connectivity index (χ0n) is 19.8. The molecule has 0 atom stereocenters. The topological polar surface area (TPSA) is 24.5 Å². The van der Waals surface area contributed by atoms with Gasteiger partial charge in [0.1, 0.15) is 19.2 Å². The van der Waals surface area contributed by atoms with Crippen LogP contribution in [0.2, 0.25) is 0 Å². The van der Waals surface area contributed by atoms with Gasteiger partial charge in [0.15, 0.2) is 37.0 Å². The fraction of sp³-hybridized carbons (Fsp3) is 0.462. The first kappa shape index (κ1) is 23.3. The second-order valence-corrected chi connectivity index (χ2v) is 8.93. The molecule has 0 fully saturated rings. The van der Waals surface area contributed by atoms with E-state index in [0.29, 0.717) is 0 Å². The zero-order valence-corrected chi connectivity index (χ0v) is 19.8. The summed E-state index contributed by atoms with van der Waals surface area (Å²) in [5, 5.41) is 0. The Morgan fingerprint density at radius 1 is 0.879 bits per heavy atom. The number of alkyl halides is 3. The van der Waals surface area contributed by atoms with Crippen LogP contribution in [0.25, 0.3) is 22.5 Å². The van der Waals surface area contributed by atoms with Gasteiger partial charge in [0.05, 0.1) is 23.6 Å². The van der Waals surface area contributed by atoms with Crippen LogP contribution in [-0.4, -0.2) is 11.2 Å². The summed E-state index contributed by atoms with van der Waals surface area (Å²) < 4.78 is 43.5. The van der Waals surface area contributed by atoms with E-state index in [1.54, 1.807) is 17.0 Å². The van der Waals surface area contributed by atoms with E-state index in [1.807, 2.05) is 23.7 Å². The van der Waals surface area contributed by atoms with Crippen LogP contribution in [0.4, 0.5) is 13.2 Å². The summed E-state index contributed by atoms with van der Waals surface area (Å²) >= 11 is 0. The van der Waals surface area contributed by atoms with Crippen LogP contribution in [0.15, 0.2) is 49.2 Å². The molecule has 0 aromatic carbocycles. The molecule has 0 amide bonds. The normalized spacial score (nSPS) is 14.3. The minimum absolute atomic E-state index is 0.0879. The molecule has 1 aliphatic carbocycles. The van der Waals surface area contributed by atoms with E-state index in [0.717, 1.165) is 42.9 Å². The first-order valence-electron chi connectivity index (χ1n) is 11.7. The number of pyridine rings is 2. The van der Waals surface area contributed by atoms with Crippen LogP contribution in [0, 0.1) is 0 Å². The minimum atomic E-state index is -4.16. The molecule has 3 aromatic rings. The van der Waals surface area contributed by atoms with E-state index < -0.39 is 12.6 Å². The Morgan fingerprint density at radius 3 is 2.15 bits per heavy atom. The molecule has 0 spiro atoms. The molecule has 0 N–H and O–H groups in total. The first-order valence-corrected chi connectivity index (χ1v) is 11.7. The Kier molecular flexibility index (Phi) is 6.25. The lowest BCUT2D eigenvalue weighted by Gasteiger charge is -2.24. The molecule has 4 nitrogen and oxygen atoms in total. The Hall–Kier alpha value is -2.83. The summed E-state index contributed by atoms with van der Waals surface area (Å²) in [5.41, 5.74) is 5.58. The van der Waals surface area contributed by atoms with Gasteiger partial charge >= 0.3 is 12.0 Å². The van der Waals surface area contributed by atoms with Gasteiger partial charge in [0.2, 0.25) is 0 Å². The van der Waals surface area contributed by atoms with E-state index in [2.05, 4.69) is 50.0 Å². The molecule has 0 bridgehead atoms. The molecule has 0 unspecified atom stereocenters. The lowest BCUT2D eigenvalue weighted by molar-refractivity contribution is -0.700. The van der Waals surface area contributed by atoms with Gasteiger partial charge < -0.3 is 0 Å². The maximum Gasteiger partial charge on any atom is 0.395 e. The quantitative estimate of drug-likeness (QED) is 0.476. The number of aromatic nitrogens is 4. The van der Waals surface area contributed by atoms with Crippen LogP contribution in [0.5, 0.6) is 0 Å². The predicted octanol–water partition coefficient (Wildman–Crippen LogP) is 4.60. The Morgan fingerprint density at radius 2 is 1.55 bits per heavy atom. The van der Waals surface area contributed by atoms with E-state index in [1.165, 1.54) is 16.7 Å². The van der Waals surface area contributed by atoms with E-state index in [4.69, 9.17) is 4.98 Å². The fourth-order valence-electron chi connectivity index (χ4n) is 5.05. The summed E-state index contributed by atoms with van der Waals surface area (Å²) in [6.07, 6.45) is 7.97. The van der Waals surface area contributed by atoms with Crippen molar-refractivity contribution >= 4 is 0 Å². The van der Waals surface area contributed by atoms with Crippen LogP contribution in [-0.2, 0) is 25.6 Å². The standard InChI is InChI=1S/C26H32F3N4/c1-5-12-33-15-10-20-21-17-31(4)24(30-23(21)25(6-2,7-3)22(20)18-33)19-8-13-32(14-9-19)16-11-26(27,28)29/h8-10,13-15,17-18H,5-7,11-12,16H2,1-4H3/q+3. The second kappa shape index (κ2) is 8.84. The predicted molar refractivity (Wildman–Crippen MR) is 119 cm³/mol. The highest BCUT2D eigenvalue weighted by atomic mass is 19.4. The van der Waals surface area contributed by atoms with E-state index in [9.17, 15) is 13.2 Å². The van der Waals surface area contributed by atoms with Crippen molar-refractivity contribution < 1.29 is 26.9 Å². The van der Waals surface area contributed by atoms with Gasteiger partial charge in [-0.3, -0.25) is 0 Å². The molecule has 7 heteroatoms. The van der Waals surface area contributed by atoms with Crippen molar-refractivity contribution in [3.05, 3.63) is 60.4 Å². The third-order valence-electron chi connectivity index (χ3n) is 6.90. The van der Waals surface area contributed by atoms with Crippen molar-refractivity contribution in [3.63, 3.8) is 0 Å². The minimum Gasteiger partial charge on any atom is -0.232 e. The van der Waals surface area contributed by atoms with E-state index in [-0.39, 0.29) is 12.0 Å². The number of nitrogens with zero attached hydrogens (tertiary/aromatic N) is 4. The Bertz CT molecular complexity index is 1150. The number of rotatable bonds is 7. The van der Waals surface area contributed by atoms with Crippen LogP contribution in [0.1, 0.15) is 57.7 Å². The molecular weight excluding hydrogens is 425 g/mol. The van der Waals surface area contributed by atoms with Gasteiger partial charge in [-0.05, 0) is 17.8 Å². The molecule has 174 valence electrons. The average Bonchev–Trinajstić information content (AvgIpc) is 3.06. The summed E-state index contributed by atoms with van der Waals surface area (Å²) in [5.74, 6) is 0.817. The molecular formula is C26H32F3N4+3. The number of aryl methyl sites for hydroxylation is 3. The Labute approximate surface area is 193 Å². The molecule has 4 rings (SSSR count). The van der Waals surface area contributed by atoms with Gasteiger partial charge in [0.25, 0.3) is 0 Å². The van der Waals surface area contributed by atoms with Gasteiger partial charge in [-0.25, -0.2) is 13.7 Å². The fourth-order valence-corrected chi connectivity index (χ4v) is 5.05. The monoisotopic (exact) mass is 457 g/mol. The third-order valence-corrected chi connectivity index (χ3v) is 6.90. The maximum atomic E-state index is 12.6. The molecule has 0 radical (unpaired) electrons. The first-order chi connectivity index (χ1) is 15.7. The number of hydrogen-bond acceptors (Lipinski definition) is 1. The zero-order chi connectivity index (χ0) is 23.8. The molecule has 3 heterocycles. The summed E-state index contributed by atoms with van der Waals surface area (Å²) in [6.45, 7) is 7.52. The van der Waals surface area contributed by atoms with Crippen molar-refractivity contribution in [2.45, 2.75) is 71.1 Å².